The molecule has 0 unspecified atom stereocenters. The van der Waals surface area contributed by atoms with E-state index in [0.717, 1.165) is 38.4 Å². The van der Waals surface area contributed by atoms with Crippen molar-refractivity contribution in [3.05, 3.63) is 29.3 Å². The van der Waals surface area contributed by atoms with E-state index in [9.17, 15) is 0 Å². The van der Waals surface area contributed by atoms with Gasteiger partial charge in [-0.2, -0.15) is 0 Å². The van der Waals surface area contributed by atoms with Crippen LogP contribution in [-0.4, -0.2) is 32.0 Å². The Bertz CT molecular complexity index is 437. The molecular weight excluding hydrogens is 222 g/mol. The minimum atomic E-state index is 0.901. The molecule has 0 radical (unpaired) electrons. The second-order valence-electron chi connectivity index (χ2n) is 4.90. The molecule has 1 aliphatic rings. The van der Waals surface area contributed by atoms with Gasteiger partial charge in [0.1, 0.15) is 5.84 Å². The Kier molecular flexibility index (Phi) is 4.24. The van der Waals surface area contributed by atoms with Crippen molar-refractivity contribution in [2.24, 2.45) is 4.99 Å². The molecule has 0 aromatic heterocycles. The number of aliphatic imine (C=N–C) groups is 1. The summed E-state index contributed by atoms with van der Waals surface area (Å²) in [6.07, 6.45) is 1.15. The normalized spacial score (nSPS) is 14.3. The first-order chi connectivity index (χ1) is 8.72. The van der Waals surface area contributed by atoms with E-state index in [2.05, 4.69) is 54.2 Å². The first-order valence-corrected chi connectivity index (χ1v) is 6.80. The zero-order valence-corrected chi connectivity index (χ0v) is 11.7. The van der Waals surface area contributed by atoms with Gasteiger partial charge in [-0.3, -0.25) is 4.99 Å². The van der Waals surface area contributed by atoms with Gasteiger partial charge in [-0.1, -0.05) is 19.1 Å². The van der Waals surface area contributed by atoms with Crippen LogP contribution in [0.2, 0.25) is 0 Å². The van der Waals surface area contributed by atoms with Crippen molar-refractivity contribution in [3.63, 3.8) is 0 Å². The summed E-state index contributed by atoms with van der Waals surface area (Å²) in [5.41, 5.74) is 4.08. The molecule has 2 rings (SSSR count). The quantitative estimate of drug-likeness (QED) is 0.863. The van der Waals surface area contributed by atoms with Crippen LogP contribution in [0.15, 0.2) is 23.2 Å². The minimum absolute atomic E-state index is 0.901. The summed E-state index contributed by atoms with van der Waals surface area (Å²) < 4.78 is 0. The van der Waals surface area contributed by atoms with E-state index in [1.807, 2.05) is 0 Å². The van der Waals surface area contributed by atoms with Crippen LogP contribution >= 0.6 is 0 Å². The minimum Gasteiger partial charge on any atom is -0.370 e. The van der Waals surface area contributed by atoms with E-state index >= 15 is 0 Å². The highest BCUT2D eigenvalue weighted by Crippen LogP contribution is 2.22. The summed E-state index contributed by atoms with van der Waals surface area (Å²) in [5, 5.41) is 3.36. The van der Waals surface area contributed by atoms with Gasteiger partial charge in [-0.25, -0.2) is 0 Å². The van der Waals surface area contributed by atoms with Crippen LogP contribution in [0.1, 0.15) is 24.5 Å². The number of aryl methyl sites for hydroxylation is 1. The Hall–Kier alpha value is -1.51. The number of amidine groups is 1. The van der Waals surface area contributed by atoms with Crippen LogP contribution in [0.25, 0.3) is 0 Å². The van der Waals surface area contributed by atoms with Gasteiger partial charge < -0.3 is 10.2 Å². The molecule has 1 aliphatic heterocycles. The van der Waals surface area contributed by atoms with Crippen molar-refractivity contribution in [2.45, 2.75) is 27.2 Å². The smallest absolute Gasteiger partial charge is 0.116 e. The van der Waals surface area contributed by atoms with Crippen molar-refractivity contribution < 1.29 is 0 Å². The van der Waals surface area contributed by atoms with Gasteiger partial charge in [0, 0.05) is 18.8 Å². The summed E-state index contributed by atoms with van der Waals surface area (Å²) >= 11 is 0. The van der Waals surface area contributed by atoms with Crippen LogP contribution in [0.5, 0.6) is 0 Å². The summed E-state index contributed by atoms with van der Waals surface area (Å²) in [6.45, 7) is 10.5. The molecule has 0 atom stereocenters. The first-order valence-electron chi connectivity index (χ1n) is 6.80. The monoisotopic (exact) mass is 245 g/mol. The number of hydrogen-bond donors (Lipinski definition) is 1. The average molecular weight is 245 g/mol. The van der Waals surface area contributed by atoms with Gasteiger partial charge >= 0.3 is 0 Å². The number of rotatable bonds is 5. The molecule has 0 bridgehead atoms. The fourth-order valence-corrected chi connectivity index (χ4v) is 2.37. The Labute approximate surface area is 110 Å². The van der Waals surface area contributed by atoms with Gasteiger partial charge in [0.15, 0.2) is 0 Å². The second-order valence-corrected chi connectivity index (χ2v) is 4.90. The summed E-state index contributed by atoms with van der Waals surface area (Å²) in [5.74, 6) is 1.13. The highest BCUT2D eigenvalue weighted by Gasteiger charge is 2.14. The van der Waals surface area contributed by atoms with Crippen LogP contribution in [0, 0.1) is 13.8 Å². The van der Waals surface area contributed by atoms with E-state index in [1.165, 1.54) is 16.8 Å². The highest BCUT2D eigenvalue weighted by atomic mass is 15.2. The van der Waals surface area contributed by atoms with Crippen molar-refractivity contribution in [1.82, 2.24) is 5.32 Å². The molecule has 98 valence electrons. The molecule has 18 heavy (non-hydrogen) atoms. The van der Waals surface area contributed by atoms with Gasteiger partial charge in [-0.05, 0) is 37.5 Å². The largest absolute Gasteiger partial charge is 0.370 e. The maximum atomic E-state index is 4.50. The molecular formula is C15H23N3. The van der Waals surface area contributed by atoms with Crippen LogP contribution < -0.4 is 10.2 Å². The van der Waals surface area contributed by atoms with Gasteiger partial charge in [0.05, 0.1) is 13.1 Å². The third kappa shape index (κ3) is 2.84. The lowest BCUT2D eigenvalue weighted by molar-refractivity contribution is 0.815. The molecule has 0 spiro atoms. The SMILES string of the molecule is CCCN(CC1=NCCN1)c1cccc(C)c1C. The molecule has 1 aromatic carbocycles. The molecule has 1 aromatic rings. The van der Waals surface area contributed by atoms with Gasteiger partial charge in [-0.15, -0.1) is 0 Å². The fraction of sp³-hybridized carbons (Fsp3) is 0.533. The molecule has 3 nitrogen and oxygen atoms in total. The molecule has 1 N–H and O–H groups in total. The van der Waals surface area contributed by atoms with E-state index in [1.54, 1.807) is 0 Å². The second kappa shape index (κ2) is 5.89. The maximum absolute atomic E-state index is 4.50. The number of benzene rings is 1. The number of hydrogen-bond acceptors (Lipinski definition) is 3. The molecule has 0 saturated heterocycles. The number of nitrogens with zero attached hydrogens (tertiary/aromatic N) is 2. The predicted molar refractivity (Wildman–Crippen MR) is 78.7 cm³/mol. The van der Waals surface area contributed by atoms with Crippen LogP contribution in [-0.2, 0) is 0 Å². The van der Waals surface area contributed by atoms with E-state index < -0.39 is 0 Å². The molecule has 3 heteroatoms. The zero-order valence-electron chi connectivity index (χ0n) is 11.7. The first kappa shape index (κ1) is 12.9. The number of nitrogens with one attached hydrogen (secondary N) is 1. The summed E-state index contributed by atoms with van der Waals surface area (Å²) in [7, 11) is 0. The number of anilines is 1. The Morgan fingerprint density at radius 3 is 2.83 bits per heavy atom. The molecule has 1 heterocycles. The van der Waals surface area contributed by atoms with Crippen LogP contribution in [0.3, 0.4) is 0 Å². The van der Waals surface area contributed by atoms with E-state index in [0.29, 0.717) is 0 Å². The summed E-state index contributed by atoms with van der Waals surface area (Å²) in [6, 6.07) is 6.53. The van der Waals surface area contributed by atoms with Gasteiger partial charge in [0.25, 0.3) is 0 Å². The van der Waals surface area contributed by atoms with Crippen molar-refractivity contribution in [2.75, 3.05) is 31.1 Å². The lowest BCUT2D eigenvalue weighted by Gasteiger charge is -2.26. The van der Waals surface area contributed by atoms with Crippen molar-refractivity contribution in [1.29, 1.82) is 0 Å². The molecule has 0 fully saturated rings. The lowest BCUT2D eigenvalue weighted by Crippen LogP contribution is -2.36. The van der Waals surface area contributed by atoms with E-state index in [4.69, 9.17) is 0 Å². The summed E-state index contributed by atoms with van der Waals surface area (Å²) in [4.78, 5) is 6.93. The highest BCUT2D eigenvalue weighted by molar-refractivity contribution is 5.88. The Balaban J connectivity index is 2.20. The Morgan fingerprint density at radius 2 is 2.17 bits per heavy atom. The maximum Gasteiger partial charge on any atom is 0.116 e. The van der Waals surface area contributed by atoms with Crippen molar-refractivity contribution in [3.8, 4) is 0 Å². The standard InChI is InChI=1S/C15H23N3/c1-4-10-18(11-15-16-8-9-17-15)14-7-5-6-12(2)13(14)3/h5-7H,4,8-11H2,1-3H3,(H,16,17). The molecule has 0 amide bonds. The van der Waals surface area contributed by atoms with Crippen LogP contribution in [0.4, 0.5) is 5.69 Å². The topological polar surface area (TPSA) is 27.6 Å². The third-order valence-electron chi connectivity index (χ3n) is 3.49. The third-order valence-corrected chi connectivity index (χ3v) is 3.49. The average Bonchev–Trinajstić information content (AvgIpc) is 2.85. The molecule has 0 saturated carbocycles. The Morgan fingerprint density at radius 1 is 1.33 bits per heavy atom. The fourth-order valence-electron chi connectivity index (χ4n) is 2.37. The lowest BCUT2D eigenvalue weighted by atomic mass is 10.1. The zero-order chi connectivity index (χ0) is 13.0. The van der Waals surface area contributed by atoms with E-state index in [-0.39, 0.29) is 0 Å². The van der Waals surface area contributed by atoms with Gasteiger partial charge in [0.2, 0.25) is 0 Å². The predicted octanol–water partition coefficient (Wildman–Crippen LogP) is 2.52. The molecule has 0 aliphatic carbocycles. The van der Waals surface area contributed by atoms with Crippen molar-refractivity contribution >= 4 is 11.5 Å².